The summed E-state index contributed by atoms with van der Waals surface area (Å²) < 4.78 is 78.1. The van der Waals surface area contributed by atoms with E-state index in [2.05, 4.69) is 35.6 Å². The molecule has 5 heterocycles. The molecule has 6 rings (SSSR count). The molecule has 2 saturated heterocycles. The Labute approximate surface area is 273 Å². The normalized spacial score (nSPS) is 20.7. The van der Waals surface area contributed by atoms with Crippen molar-refractivity contribution in [3.8, 4) is 17.1 Å². The summed E-state index contributed by atoms with van der Waals surface area (Å²) in [6, 6.07) is 2.31. The number of amides is 2. The monoisotopic (exact) mass is 677 g/mol. The number of urea groups is 1. The predicted octanol–water partition coefficient (Wildman–Crippen LogP) is 5.18. The van der Waals surface area contributed by atoms with Crippen molar-refractivity contribution in [2.45, 2.75) is 63.2 Å². The first-order chi connectivity index (χ1) is 23.0. The van der Waals surface area contributed by atoms with Crippen molar-refractivity contribution < 1.29 is 36.2 Å². The molecule has 3 aliphatic rings. The van der Waals surface area contributed by atoms with Gasteiger partial charge >= 0.3 is 18.2 Å². The molecule has 2 N–H and O–H groups in total. The second-order valence-electron chi connectivity index (χ2n) is 12.4. The van der Waals surface area contributed by atoms with Crippen LogP contribution in [0.25, 0.3) is 11.1 Å². The Morgan fingerprint density at radius 2 is 1.71 bits per heavy atom. The van der Waals surface area contributed by atoms with Crippen molar-refractivity contribution in [1.82, 2.24) is 30.2 Å². The fourth-order valence-corrected chi connectivity index (χ4v) is 6.39. The Balaban J connectivity index is 1.14. The van der Waals surface area contributed by atoms with E-state index in [0.717, 1.165) is 19.0 Å². The molecule has 0 radical (unpaired) electrons. The zero-order chi connectivity index (χ0) is 33.9. The van der Waals surface area contributed by atoms with Crippen LogP contribution in [0, 0.1) is 5.41 Å². The van der Waals surface area contributed by atoms with Crippen LogP contribution >= 0.6 is 0 Å². The third kappa shape index (κ3) is 7.50. The summed E-state index contributed by atoms with van der Waals surface area (Å²) in [6.45, 7) is 1.35. The number of nitrogens with zero attached hydrogens (tertiary/aromatic N) is 7. The molecule has 12 nitrogen and oxygen atoms in total. The van der Waals surface area contributed by atoms with E-state index in [1.165, 1.54) is 12.0 Å². The number of methoxy groups -OCH3 is 1. The lowest BCUT2D eigenvalue weighted by molar-refractivity contribution is -0.138. The van der Waals surface area contributed by atoms with Crippen LogP contribution in [-0.4, -0.2) is 89.4 Å². The van der Waals surface area contributed by atoms with Gasteiger partial charge in [-0.05, 0) is 50.7 Å². The number of alkyl halides is 5. The standard InChI is InChI=1S/C31H36F5N9O3/c1-47-28-39-13-20(14-40-28)19-2-7-25(37-12-19)45(29(46)41-16-24(32)33)22-5-3-21(4-6-22)42-27-38-15-23(31(34,35)36)26(43-27)44-10-8-30(9-11-44)17-48-18-30/h2,7,12-15,21-22,24H,3-6,8-11,16-18H2,1H3,(H,41,46)(H,38,42,43). The van der Waals surface area contributed by atoms with Gasteiger partial charge in [0.1, 0.15) is 17.2 Å². The summed E-state index contributed by atoms with van der Waals surface area (Å²) in [4.78, 5) is 37.2. The molecular weight excluding hydrogens is 641 g/mol. The predicted molar refractivity (Wildman–Crippen MR) is 165 cm³/mol. The summed E-state index contributed by atoms with van der Waals surface area (Å²) >= 11 is 0. The van der Waals surface area contributed by atoms with Gasteiger partial charge in [0.05, 0.1) is 26.9 Å². The van der Waals surface area contributed by atoms with Gasteiger partial charge in [-0.1, -0.05) is 0 Å². The number of carbonyl (C=O) groups is 1. The van der Waals surface area contributed by atoms with E-state index in [1.807, 2.05) is 0 Å². The van der Waals surface area contributed by atoms with Gasteiger partial charge in [-0.15, -0.1) is 0 Å². The number of ether oxygens (including phenoxy) is 2. The molecule has 3 aromatic rings. The number of hydrogen-bond acceptors (Lipinski definition) is 10. The third-order valence-electron chi connectivity index (χ3n) is 9.17. The molecule has 0 bridgehead atoms. The first kappa shape index (κ1) is 33.5. The molecule has 0 unspecified atom stereocenters. The van der Waals surface area contributed by atoms with Gasteiger partial charge in [-0.2, -0.15) is 18.2 Å². The molecule has 1 spiro atoms. The third-order valence-corrected chi connectivity index (χ3v) is 9.17. The molecule has 1 saturated carbocycles. The van der Waals surface area contributed by atoms with E-state index in [-0.39, 0.29) is 41.1 Å². The first-order valence-electron chi connectivity index (χ1n) is 15.7. The van der Waals surface area contributed by atoms with E-state index < -0.39 is 30.7 Å². The second-order valence-corrected chi connectivity index (χ2v) is 12.4. The van der Waals surface area contributed by atoms with Crippen molar-refractivity contribution in [3.05, 3.63) is 42.5 Å². The van der Waals surface area contributed by atoms with E-state index in [1.54, 1.807) is 35.6 Å². The minimum absolute atomic E-state index is 0.0505. The maximum Gasteiger partial charge on any atom is 0.421 e. The Morgan fingerprint density at radius 3 is 2.27 bits per heavy atom. The molecule has 48 heavy (non-hydrogen) atoms. The van der Waals surface area contributed by atoms with Gasteiger partial charge in [0, 0.05) is 66.5 Å². The van der Waals surface area contributed by atoms with Gasteiger partial charge in [-0.25, -0.2) is 33.5 Å². The van der Waals surface area contributed by atoms with Gasteiger partial charge in [0.2, 0.25) is 5.95 Å². The van der Waals surface area contributed by atoms with Gasteiger partial charge in [0.25, 0.3) is 6.43 Å². The average Bonchev–Trinajstić information content (AvgIpc) is 3.07. The molecule has 1 aliphatic carbocycles. The highest BCUT2D eigenvalue weighted by Gasteiger charge is 2.44. The quantitative estimate of drug-likeness (QED) is 0.293. The summed E-state index contributed by atoms with van der Waals surface area (Å²) in [6.07, 6.45) is 1.63. The van der Waals surface area contributed by atoms with Crippen LogP contribution in [0.15, 0.2) is 36.9 Å². The molecule has 17 heteroatoms. The number of halogens is 5. The summed E-state index contributed by atoms with van der Waals surface area (Å²) in [5, 5.41) is 5.47. The molecular formula is C31H36F5N9O3. The fraction of sp³-hybridized carbons (Fsp3) is 0.548. The lowest BCUT2D eigenvalue weighted by atomic mass is 9.77. The summed E-state index contributed by atoms with van der Waals surface area (Å²) in [7, 11) is 1.46. The number of nitrogens with one attached hydrogen (secondary N) is 2. The molecule has 258 valence electrons. The number of piperidine rings is 1. The van der Waals surface area contributed by atoms with Crippen molar-refractivity contribution >= 4 is 23.6 Å². The number of rotatable bonds is 9. The molecule has 2 aliphatic heterocycles. The van der Waals surface area contributed by atoms with Crippen LogP contribution in [0.4, 0.5) is 44.3 Å². The maximum atomic E-state index is 13.9. The number of hydrogen-bond donors (Lipinski definition) is 2. The smallest absolute Gasteiger partial charge is 0.421 e. The average molecular weight is 678 g/mol. The zero-order valence-electron chi connectivity index (χ0n) is 26.2. The summed E-state index contributed by atoms with van der Waals surface area (Å²) in [5.74, 6) is 0.241. The number of carbonyl (C=O) groups excluding carboxylic acids is 1. The Kier molecular flexibility index (Phi) is 9.75. The molecule has 3 aromatic heterocycles. The Hall–Kier alpha value is -4.41. The van der Waals surface area contributed by atoms with E-state index >= 15 is 0 Å². The van der Waals surface area contributed by atoms with Crippen LogP contribution in [0.1, 0.15) is 44.1 Å². The molecule has 0 atom stereocenters. The maximum absolute atomic E-state index is 13.9. The highest BCUT2D eigenvalue weighted by Crippen LogP contribution is 2.42. The lowest BCUT2D eigenvalue weighted by Crippen LogP contribution is -2.51. The first-order valence-corrected chi connectivity index (χ1v) is 15.7. The van der Waals surface area contributed by atoms with Crippen molar-refractivity contribution in [2.24, 2.45) is 5.41 Å². The van der Waals surface area contributed by atoms with Gasteiger partial charge in [0.15, 0.2) is 0 Å². The Morgan fingerprint density at radius 1 is 1.02 bits per heavy atom. The van der Waals surface area contributed by atoms with Crippen LogP contribution in [0.3, 0.4) is 0 Å². The van der Waals surface area contributed by atoms with Crippen molar-refractivity contribution in [3.63, 3.8) is 0 Å². The van der Waals surface area contributed by atoms with E-state index in [0.29, 0.717) is 63.1 Å². The lowest BCUT2D eigenvalue weighted by Gasteiger charge is -2.47. The van der Waals surface area contributed by atoms with E-state index in [9.17, 15) is 26.7 Å². The van der Waals surface area contributed by atoms with Crippen LogP contribution in [0.2, 0.25) is 0 Å². The number of pyridine rings is 1. The highest BCUT2D eigenvalue weighted by molar-refractivity contribution is 5.91. The number of aromatic nitrogens is 5. The number of anilines is 3. The van der Waals surface area contributed by atoms with Crippen molar-refractivity contribution in [2.75, 3.05) is 55.1 Å². The van der Waals surface area contributed by atoms with Crippen LogP contribution < -0.4 is 25.2 Å². The van der Waals surface area contributed by atoms with E-state index in [4.69, 9.17) is 9.47 Å². The summed E-state index contributed by atoms with van der Waals surface area (Å²) in [5.41, 5.74) is 0.524. The molecule has 2 amide bonds. The van der Waals surface area contributed by atoms with Gasteiger partial charge < -0.3 is 25.0 Å². The highest BCUT2D eigenvalue weighted by atomic mass is 19.4. The van der Waals surface area contributed by atoms with Crippen LogP contribution in [-0.2, 0) is 10.9 Å². The minimum Gasteiger partial charge on any atom is -0.467 e. The minimum atomic E-state index is -4.61. The molecule has 0 aromatic carbocycles. The van der Waals surface area contributed by atoms with Crippen LogP contribution in [0.5, 0.6) is 6.01 Å². The zero-order valence-corrected chi connectivity index (χ0v) is 26.2. The topological polar surface area (TPSA) is 131 Å². The van der Waals surface area contributed by atoms with Gasteiger partial charge in [-0.3, -0.25) is 4.90 Å². The Bertz CT molecular complexity index is 1540. The van der Waals surface area contributed by atoms with Crippen molar-refractivity contribution in [1.29, 1.82) is 0 Å². The molecule has 3 fully saturated rings. The SMILES string of the molecule is COc1ncc(-c2ccc(N(C(=O)NCC(F)F)C3CCC(Nc4ncc(C(F)(F)F)c(N5CCC6(CC5)COC6)n4)CC3)nc2)cn1. The fourth-order valence-electron chi connectivity index (χ4n) is 6.39. The largest absolute Gasteiger partial charge is 0.467 e. The second kappa shape index (κ2) is 14.0.